The van der Waals surface area contributed by atoms with Gasteiger partial charge in [0, 0.05) is 30.7 Å². The monoisotopic (exact) mass is 478 g/mol. The lowest BCUT2D eigenvalue weighted by molar-refractivity contribution is 0.459. The van der Waals surface area contributed by atoms with Crippen molar-refractivity contribution in [3.8, 4) is 28.8 Å². The van der Waals surface area contributed by atoms with E-state index in [9.17, 15) is 4.39 Å². The summed E-state index contributed by atoms with van der Waals surface area (Å²) < 4.78 is 22.2. The van der Waals surface area contributed by atoms with E-state index >= 15 is 0 Å². The van der Waals surface area contributed by atoms with Gasteiger partial charge in [-0.2, -0.15) is 14.6 Å². The maximum Gasteiger partial charge on any atom is 0.249 e. The van der Waals surface area contributed by atoms with Crippen LogP contribution in [0.5, 0.6) is 11.6 Å². The van der Waals surface area contributed by atoms with Gasteiger partial charge < -0.3 is 14.6 Å². The van der Waals surface area contributed by atoms with Gasteiger partial charge in [0.15, 0.2) is 0 Å². The Balaban J connectivity index is 1.53. The highest BCUT2D eigenvalue weighted by molar-refractivity contribution is 5.83. The second-order valence-electron chi connectivity index (χ2n) is 8.69. The van der Waals surface area contributed by atoms with Gasteiger partial charge in [0.2, 0.25) is 17.8 Å². The predicted molar refractivity (Wildman–Crippen MR) is 137 cm³/mol. The molecule has 0 spiro atoms. The van der Waals surface area contributed by atoms with Crippen LogP contribution in [0.25, 0.3) is 22.2 Å². The lowest BCUT2D eigenvalue weighted by Gasteiger charge is -2.16. The van der Waals surface area contributed by atoms with Crippen molar-refractivity contribution in [1.82, 2.24) is 19.5 Å². The summed E-state index contributed by atoms with van der Waals surface area (Å²) in [6.07, 6.45) is 1.90. The number of anilines is 2. The Kier molecular flexibility index (Phi) is 5.82. The van der Waals surface area contributed by atoms with Crippen molar-refractivity contribution in [3.05, 3.63) is 89.1 Å². The summed E-state index contributed by atoms with van der Waals surface area (Å²) in [7, 11) is 1.91. The van der Waals surface area contributed by atoms with Gasteiger partial charge in [-0.05, 0) is 91.6 Å². The molecule has 0 aliphatic heterocycles. The smallest absolute Gasteiger partial charge is 0.249 e. The van der Waals surface area contributed by atoms with Crippen LogP contribution in [0.2, 0.25) is 0 Å². The summed E-state index contributed by atoms with van der Waals surface area (Å²) in [5.74, 6) is 0.960. The molecule has 36 heavy (non-hydrogen) atoms. The Hall–Kier alpha value is -4.77. The molecular weight excluding hydrogens is 455 g/mol. The molecule has 0 atom stereocenters. The first-order chi connectivity index (χ1) is 17.3. The van der Waals surface area contributed by atoms with Gasteiger partial charge in [-0.3, -0.25) is 0 Å². The van der Waals surface area contributed by atoms with Gasteiger partial charge in [0.1, 0.15) is 11.3 Å². The standard InChI is InChI=1S/C28H23FN6O/c1-16-11-20(21-13-18(3)31-24(29)14-21)12-17(2)26(16)36-27-25-23(9-10-35(25)4)33-28(34-27)32-22-7-5-19(15-30)6-8-22/h5-14H,1-4H3,(H,32,33,34). The van der Waals surface area contributed by atoms with Crippen LogP contribution < -0.4 is 10.1 Å². The number of nitriles is 1. The van der Waals surface area contributed by atoms with Gasteiger partial charge in [-0.25, -0.2) is 9.97 Å². The van der Waals surface area contributed by atoms with Crippen LogP contribution in [-0.4, -0.2) is 19.5 Å². The van der Waals surface area contributed by atoms with Gasteiger partial charge in [0.05, 0.1) is 17.1 Å². The Morgan fingerprint density at radius 2 is 1.61 bits per heavy atom. The molecule has 8 heteroatoms. The highest BCUT2D eigenvalue weighted by Crippen LogP contribution is 2.36. The number of halogens is 1. The maximum absolute atomic E-state index is 13.9. The van der Waals surface area contributed by atoms with E-state index in [0.717, 1.165) is 39.0 Å². The number of hydrogen-bond acceptors (Lipinski definition) is 6. The number of nitrogens with zero attached hydrogens (tertiary/aromatic N) is 5. The van der Waals surface area contributed by atoms with Gasteiger partial charge in [0.25, 0.3) is 0 Å². The van der Waals surface area contributed by atoms with Crippen molar-refractivity contribution < 1.29 is 9.13 Å². The number of ether oxygens (including phenoxy) is 1. The van der Waals surface area contributed by atoms with Crippen LogP contribution in [0.15, 0.2) is 60.8 Å². The molecule has 1 N–H and O–H groups in total. The van der Waals surface area contributed by atoms with Crippen molar-refractivity contribution in [2.45, 2.75) is 20.8 Å². The molecule has 0 radical (unpaired) electrons. The maximum atomic E-state index is 13.9. The topological polar surface area (TPSA) is 88.6 Å². The molecule has 5 rings (SSSR count). The first-order valence-electron chi connectivity index (χ1n) is 11.3. The second kappa shape index (κ2) is 9.12. The third-order valence-electron chi connectivity index (χ3n) is 5.87. The molecule has 0 fully saturated rings. The minimum atomic E-state index is -0.505. The van der Waals surface area contributed by atoms with Crippen molar-refractivity contribution in [2.75, 3.05) is 5.32 Å². The van der Waals surface area contributed by atoms with Crippen LogP contribution in [-0.2, 0) is 7.05 Å². The van der Waals surface area contributed by atoms with E-state index in [-0.39, 0.29) is 0 Å². The molecule has 7 nitrogen and oxygen atoms in total. The SMILES string of the molecule is Cc1cc(-c2cc(C)c(Oc3nc(Nc4ccc(C#N)cc4)nc4ccn(C)c34)c(C)c2)cc(F)n1. The van der Waals surface area contributed by atoms with Gasteiger partial charge >= 0.3 is 0 Å². The number of nitrogens with one attached hydrogen (secondary N) is 1. The first-order valence-corrected chi connectivity index (χ1v) is 11.3. The summed E-state index contributed by atoms with van der Waals surface area (Å²) in [6.45, 7) is 5.68. The molecule has 0 saturated carbocycles. The quantitative estimate of drug-likeness (QED) is 0.290. The number of pyridine rings is 1. The molecule has 0 aliphatic carbocycles. The zero-order valence-corrected chi connectivity index (χ0v) is 20.3. The fraction of sp³-hybridized carbons (Fsp3) is 0.143. The van der Waals surface area contributed by atoms with Crippen LogP contribution in [0.4, 0.5) is 16.0 Å². The minimum absolute atomic E-state index is 0.378. The summed E-state index contributed by atoms with van der Waals surface area (Å²) in [5, 5.41) is 12.2. The number of hydrogen-bond donors (Lipinski definition) is 1. The molecule has 5 aromatic rings. The fourth-order valence-corrected chi connectivity index (χ4v) is 4.21. The zero-order chi connectivity index (χ0) is 25.4. The summed E-state index contributed by atoms with van der Waals surface area (Å²) in [4.78, 5) is 13.1. The van der Waals surface area contributed by atoms with Gasteiger partial charge in [-0.1, -0.05) is 0 Å². The van der Waals surface area contributed by atoms with Crippen LogP contribution >= 0.6 is 0 Å². The van der Waals surface area contributed by atoms with Crippen molar-refractivity contribution in [2.24, 2.45) is 7.05 Å². The molecule has 0 unspecified atom stereocenters. The molecular formula is C28H23FN6O. The summed E-state index contributed by atoms with van der Waals surface area (Å²) >= 11 is 0. The van der Waals surface area contributed by atoms with Gasteiger partial charge in [-0.15, -0.1) is 0 Å². The highest BCUT2D eigenvalue weighted by Gasteiger charge is 2.17. The third kappa shape index (κ3) is 4.46. The normalized spacial score (nSPS) is 10.9. The van der Waals surface area contributed by atoms with Crippen LogP contribution in [0.1, 0.15) is 22.4 Å². The lowest BCUT2D eigenvalue weighted by Crippen LogP contribution is -2.02. The molecule has 3 heterocycles. The van der Waals surface area contributed by atoms with E-state index in [4.69, 9.17) is 10.00 Å². The number of rotatable bonds is 5. The molecule has 0 saturated heterocycles. The van der Waals surface area contributed by atoms with Crippen LogP contribution in [0.3, 0.4) is 0 Å². The highest BCUT2D eigenvalue weighted by atomic mass is 19.1. The fourth-order valence-electron chi connectivity index (χ4n) is 4.21. The Morgan fingerprint density at radius 3 is 2.28 bits per heavy atom. The van der Waals surface area contributed by atoms with Crippen molar-refractivity contribution >= 4 is 22.7 Å². The molecule has 3 aromatic heterocycles. The number of benzene rings is 2. The predicted octanol–water partition coefficient (Wildman–Crippen LogP) is 6.50. The molecule has 178 valence electrons. The lowest BCUT2D eigenvalue weighted by atomic mass is 10.00. The largest absolute Gasteiger partial charge is 0.436 e. The summed E-state index contributed by atoms with van der Waals surface area (Å²) in [6, 6.07) is 18.3. The van der Waals surface area contributed by atoms with E-state index in [1.54, 1.807) is 31.2 Å². The second-order valence-corrected chi connectivity index (χ2v) is 8.69. The number of aromatic nitrogens is 4. The summed E-state index contributed by atoms with van der Waals surface area (Å²) in [5.41, 5.74) is 6.87. The first kappa shape index (κ1) is 23.0. The Labute approximate surface area is 207 Å². The average molecular weight is 479 g/mol. The molecule has 0 amide bonds. The molecule has 0 aliphatic rings. The Morgan fingerprint density at radius 1 is 0.917 bits per heavy atom. The third-order valence-corrected chi connectivity index (χ3v) is 5.87. The average Bonchev–Trinajstić information content (AvgIpc) is 3.21. The van der Waals surface area contributed by atoms with E-state index in [1.807, 2.05) is 55.9 Å². The van der Waals surface area contributed by atoms with Crippen molar-refractivity contribution in [3.63, 3.8) is 0 Å². The van der Waals surface area contributed by atoms with E-state index < -0.39 is 5.95 Å². The van der Waals surface area contributed by atoms with E-state index in [2.05, 4.69) is 26.3 Å². The van der Waals surface area contributed by atoms with Crippen molar-refractivity contribution in [1.29, 1.82) is 5.26 Å². The number of fused-ring (bicyclic) bond motifs is 1. The minimum Gasteiger partial charge on any atom is -0.436 e. The molecule has 0 bridgehead atoms. The number of aryl methyl sites for hydroxylation is 4. The zero-order valence-electron chi connectivity index (χ0n) is 20.3. The van der Waals surface area contributed by atoms with E-state index in [0.29, 0.717) is 28.8 Å². The Bertz CT molecular complexity index is 1610. The molecule has 2 aromatic carbocycles. The van der Waals surface area contributed by atoms with E-state index in [1.165, 1.54) is 6.07 Å². The van der Waals surface area contributed by atoms with Crippen LogP contribution in [0, 0.1) is 38.1 Å².